The van der Waals surface area contributed by atoms with Gasteiger partial charge < -0.3 is 9.57 Å². The van der Waals surface area contributed by atoms with Gasteiger partial charge in [0.25, 0.3) is 0 Å². The summed E-state index contributed by atoms with van der Waals surface area (Å²) in [5, 5.41) is 1.20. The SMILES string of the molecule is CCCCCCCCCCCCCCCc1cccc(ON(C(=O)OCC)c2cc[c]cc2)c1. The third kappa shape index (κ3) is 11.6. The van der Waals surface area contributed by atoms with E-state index in [0.29, 0.717) is 11.4 Å². The predicted octanol–water partition coefficient (Wildman–Crippen LogP) is 9.08. The summed E-state index contributed by atoms with van der Waals surface area (Å²) in [6.07, 6.45) is 18.2. The smallest absolute Gasteiger partial charge is 0.447 e. The molecule has 0 atom stereocenters. The first-order chi connectivity index (χ1) is 16.7. The molecule has 187 valence electrons. The van der Waals surface area contributed by atoms with Gasteiger partial charge in [-0.15, -0.1) is 5.06 Å². The minimum absolute atomic E-state index is 0.288. The lowest BCUT2D eigenvalue weighted by molar-refractivity contribution is 0.131. The zero-order chi connectivity index (χ0) is 24.3. The number of hydrogen-bond donors (Lipinski definition) is 0. The molecule has 1 radical (unpaired) electrons. The van der Waals surface area contributed by atoms with Crippen molar-refractivity contribution in [1.82, 2.24) is 0 Å². The van der Waals surface area contributed by atoms with E-state index in [2.05, 4.69) is 19.1 Å². The Balaban J connectivity index is 1.66. The van der Waals surface area contributed by atoms with E-state index in [-0.39, 0.29) is 6.61 Å². The quantitative estimate of drug-likeness (QED) is 0.162. The number of rotatable bonds is 18. The molecular formula is C30H44NO3. The van der Waals surface area contributed by atoms with Crippen LogP contribution in [0.1, 0.15) is 103 Å². The molecule has 0 fully saturated rings. The second-order valence-electron chi connectivity index (χ2n) is 8.98. The second-order valence-corrected chi connectivity index (χ2v) is 8.98. The van der Waals surface area contributed by atoms with Gasteiger partial charge in [-0.25, -0.2) is 4.79 Å². The summed E-state index contributed by atoms with van der Waals surface area (Å²) < 4.78 is 5.17. The van der Waals surface area contributed by atoms with Gasteiger partial charge in [0, 0.05) is 0 Å². The van der Waals surface area contributed by atoms with Crippen LogP contribution in [0.25, 0.3) is 0 Å². The van der Waals surface area contributed by atoms with Gasteiger partial charge in [0.05, 0.1) is 12.3 Å². The Kier molecular flexibility index (Phi) is 14.6. The summed E-state index contributed by atoms with van der Waals surface area (Å²) in [5.41, 5.74) is 1.84. The standard InChI is InChI=1S/C30H44NO3/c1-3-5-6-7-8-9-10-11-12-13-14-15-17-21-27-22-20-25-29(26-27)34-31(30(32)33-4-2)28-23-18-16-19-24-28/h18-20,22-26H,3-15,17,21H2,1-2H3. The number of unbranched alkanes of at least 4 members (excludes halogenated alkanes) is 12. The van der Waals surface area contributed by atoms with Crippen LogP contribution in [0.15, 0.2) is 48.5 Å². The highest BCUT2D eigenvalue weighted by atomic mass is 16.7. The molecule has 2 rings (SSSR count). The predicted molar refractivity (Wildman–Crippen MR) is 141 cm³/mol. The Morgan fingerprint density at radius 1 is 0.794 bits per heavy atom. The van der Waals surface area contributed by atoms with Crippen molar-refractivity contribution < 1.29 is 14.4 Å². The van der Waals surface area contributed by atoms with E-state index in [1.807, 2.05) is 18.2 Å². The van der Waals surface area contributed by atoms with Gasteiger partial charge in [-0.2, -0.15) is 0 Å². The van der Waals surface area contributed by atoms with E-state index in [4.69, 9.17) is 9.57 Å². The van der Waals surface area contributed by atoms with Crippen LogP contribution in [0.4, 0.5) is 10.5 Å². The molecule has 0 saturated heterocycles. The summed E-state index contributed by atoms with van der Waals surface area (Å²) in [6.45, 7) is 4.35. The molecule has 0 aromatic heterocycles. The summed E-state index contributed by atoms with van der Waals surface area (Å²) in [7, 11) is 0. The molecule has 0 unspecified atom stereocenters. The summed E-state index contributed by atoms with van der Waals surface area (Å²) in [4.78, 5) is 18.3. The highest BCUT2D eigenvalue weighted by Crippen LogP contribution is 2.22. The van der Waals surface area contributed by atoms with Gasteiger partial charge in [-0.3, -0.25) is 0 Å². The first-order valence-corrected chi connectivity index (χ1v) is 13.4. The van der Waals surface area contributed by atoms with Crippen molar-refractivity contribution in [2.75, 3.05) is 11.7 Å². The maximum Gasteiger partial charge on any atom is 0.448 e. The van der Waals surface area contributed by atoms with Gasteiger partial charge >= 0.3 is 6.09 Å². The fraction of sp³-hybridized carbons (Fsp3) is 0.567. The molecule has 4 nitrogen and oxygen atoms in total. The fourth-order valence-corrected chi connectivity index (χ4v) is 4.10. The minimum atomic E-state index is -0.532. The van der Waals surface area contributed by atoms with E-state index in [1.54, 1.807) is 31.2 Å². The van der Waals surface area contributed by atoms with Crippen molar-refractivity contribution in [2.45, 2.75) is 104 Å². The zero-order valence-electron chi connectivity index (χ0n) is 21.4. The van der Waals surface area contributed by atoms with Crippen molar-refractivity contribution >= 4 is 11.8 Å². The average Bonchev–Trinajstić information content (AvgIpc) is 2.86. The highest BCUT2D eigenvalue weighted by molar-refractivity contribution is 5.85. The largest absolute Gasteiger partial charge is 0.448 e. The van der Waals surface area contributed by atoms with Crippen molar-refractivity contribution in [3.05, 3.63) is 60.2 Å². The van der Waals surface area contributed by atoms with Crippen LogP contribution in [0.3, 0.4) is 0 Å². The van der Waals surface area contributed by atoms with Crippen LogP contribution in [0.5, 0.6) is 5.75 Å². The van der Waals surface area contributed by atoms with E-state index in [9.17, 15) is 4.79 Å². The number of anilines is 1. The molecule has 0 aliphatic carbocycles. The molecule has 0 bridgehead atoms. The third-order valence-electron chi connectivity index (χ3n) is 6.03. The Morgan fingerprint density at radius 3 is 1.97 bits per heavy atom. The van der Waals surface area contributed by atoms with Gasteiger partial charge in [0.15, 0.2) is 5.75 Å². The molecule has 2 aromatic carbocycles. The summed E-state index contributed by atoms with van der Waals surface area (Å²) in [6, 6.07) is 18.0. The second kappa shape index (κ2) is 17.9. The van der Waals surface area contributed by atoms with E-state index >= 15 is 0 Å². The molecule has 0 saturated carbocycles. The lowest BCUT2D eigenvalue weighted by atomic mass is 10.0. The minimum Gasteiger partial charge on any atom is -0.447 e. The first kappa shape index (κ1) is 27.8. The molecule has 4 heteroatoms. The van der Waals surface area contributed by atoms with Crippen LogP contribution < -0.4 is 9.90 Å². The Labute approximate surface area is 207 Å². The Bertz CT molecular complexity index is 778. The number of carbonyl (C=O) groups is 1. The maximum absolute atomic E-state index is 12.4. The summed E-state index contributed by atoms with van der Waals surface area (Å²) >= 11 is 0. The molecule has 0 aliphatic heterocycles. The topological polar surface area (TPSA) is 38.8 Å². The molecular weight excluding hydrogens is 422 g/mol. The van der Waals surface area contributed by atoms with Crippen molar-refractivity contribution in [3.8, 4) is 5.75 Å². The zero-order valence-corrected chi connectivity index (χ0v) is 21.4. The van der Waals surface area contributed by atoms with Crippen LogP contribution in [0, 0.1) is 6.07 Å². The molecule has 0 heterocycles. The normalized spacial score (nSPS) is 10.8. The fourth-order valence-electron chi connectivity index (χ4n) is 4.10. The first-order valence-electron chi connectivity index (χ1n) is 13.4. The number of ether oxygens (including phenoxy) is 1. The van der Waals surface area contributed by atoms with Gasteiger partial charge in [-0.05, 0) is 55.7 Å². The number of amides is 1. The monoisotopic (exact) mass is 466 g/mol. The van der Waals surface area contributed by atoms with Crippen molar-refractivity contribution in [2.24, 2.45) is 0 Å². The van der Waals surface area contributed by atoms with Crippen LogP contribution in [0.2, 0.25) is 0 Å². The number of hydroxylamine groups is 1. The molecule has 0 N–H and O–H groups in total. The van der Waals surface area contributed by atoms with Gasteiger partial charge in [-0.1, -0.05) is 108 Å². The Hall–Kier alpha value is -2.49. The maximum atomic E-state index is 12.4. The highest BCUT2D eigenvalue weighted by Gasteiger charge is 2.19. The van der Waals surface area contributed by atoms with Crippen LogP contribution in [-0.4, -0.2) is 12.7 Å². The van der Waals surface area contributed by atoms with E-state index in [1.165, 1.54) is 94.1 Å². The number of carbonyl (C=O) groups excluding carboxylic acids is 1. The molecule has 1 amide bonds. The Morgan fingerprint density at radius 2 is 1.38 bits per heavy atom. The molecule has 34 heavy (non-hydrogen) atoms. The molecule has 0 spiro atoms. The number of hydrogen-bond acceptors (Lipinski definition) is 3. The summed E-state index contributed by atoms with van der Waals surface area (Å²) in [5.74, 6) is 0.632. The number of benzene rings is 2. The van der Waals surface area contributed by atoms with Crippen LogP contribution in [-0.2, 0) is 11.2 Å². The molecule has 2 aromatic rings. The van der Waals surface area contributed by atoms with Crippen molar-refractivity contribution in [1.29, 1.82) is 0 Å². The van der Waals surface area contributed by atoms with Gasteiger partial charge in [0.1, 0.15) is 0 Å². The van der Waals surface area contributed by atoms with E-state index < -0.39 is 6.09 Å². The van der Waals surface area contributed by atoms with Crippen molar-refractivity contribution in [3.63, 3.8) is 0 Å². The molecule has 0 aliphatic rings. The number of nitrogens with zero attached hydrogens (tertiary/aromatic N) is 1. The van der Waals surface area contributed by atoms with Gasteiger partial charge in [0.2, 0.25) is 0 Å². The third-order valence-corrected chi connectivity index (χ3v) is 6.03. The number of aryl methyl sites for hydroxylation is 1. The average molecular weight is 467 g/mol. The lowest BCUT2D eigenvalue weighted by Crippen LogP contribution is -2.34. The van der Waals surface area contributed by atoms with E-state index in [0.717, 1.165) is 6.42 Å². The van der Waals surface area contributed by atoms with Crippen LogP contribution >= 0.6 is 0 Å². The lowest BCUT2D eigenvalue weighted by Gasteiger charge is -2.21.